The Hall–Kier alpha value is -1.68. The van der Waals surface area contributed by atoms with E-state index in [0.717, 1.165) is 10.4 Å². The van der Waals surface area contributed by atoms with Crippen LogP contribution in [0.4, 0.5) is 0 Å². The van der Waals surface area contributed by atoms with Gasteiger partial charge in [0, 0.05) is 11.4 Å². The summed E-state index contributed by atoms with van der Waals surface area (Å²) in [6, 6.07) is 9.90. The van der Waals surface area contributed by atoms with Crippen molar-refractivity contribution < 1.29 is 4.79 Å². The van der Waals surface area contributed by atoms with Gasteiger partial charge >= 0.3 is 0 Å². The number of nitrogens with one attached hydrogen (secondary N) is 1. The van der Waals surface area contributed by atoms with Gasteiger partial charge in [-0.3, -0.25) is 4.79 Å². The van der Waals surface area contributed by atoms with Crippen molar-refractivity contribution in [3.8, 4) is 0 Å². The molecule has 0 bridgehead atoms. The molecule has 0 aliphatic carbocycles. The monoisotopic (exact) mass is 246 g/mol. The van der Waals surface area contributed by atoms with Crippen molar-refractivity contribution in [2.75, 3.05) is 0 Å². The van der Waals surface area contributed by atoms with Crippen molar-refractivity contribution in [2.24, 2.45) is 0 Å². The van der Waals surface area contributed by atoms with Gasteiger partial charge in [-0.1, -0.05) is 29.8 Å². The van der Waals surface area contributed by atoms with Crippen molar-refractivity contribution in [3.05, 3.63) is 52.0 Å². The van der Waals surface area contributed by atoms with Crippen molar-refractivity contribution in [3.63, 3.8) is 0 Å². The molecule has 0 fully saturated rings. The molecular weight excluding hydrogens is 232 g/mol. The van der Waals surface area contributed by atoms with Gasteiger partial charge in [-0.25, -0.2) is 0 Å². The Kier molecular flexibility index (Phi) is 3.54. The van der Waals surface area contributed by atoms with Gasteiger partial charge in [0.1, 0.15) is 5.69 Å². The van der Waals surface area contributed by atoms with E-state index < -0.39 is 0 Å². The molecule has 2 rings (SSSR count). The van der Waals surface area contributed by atoms with Crippen LogP contribution >= 0.6 is 11.5 Å². The molecule has 0 aliphatic rings. The topological polar surface area (TPSA) is 42.0 Å². The number of aryl methyl sites for hydroxylation is 2. The van der Waals surface area contributed by atoms with Crippen molar-refractivity contribution in [1.29, 1.82) is 0 Å². The molecule has 1 aromatic carbocycles. The van der Waals surface area contributed by atoms with Crippen LogP contribution < -0.4 is 5.32 Å². The van der Waals surface area contributed by atoms with E-state index in [1.807, 2.05) is 38.1 Å². The minimum absolute atomic E-state index is 0.116. The summed E-state index contributed by atoms with van der Waals surface area (Å²) in [6.07, 6.45) is 0. The average molecular weight is 246 g/mol. The summed E-state index contributed by atoms with van der Waals surface area (Å²) in [5, 5.41) is 2.85. The zero-order chi connectivity index (χ0) is 12.3. The number of benzene rings is 1. The fraction of sp³-hybridized carbons (Fsp3) is 0.231. The number of hydrogen-bond acceptors (Lipinski definition) is 3. The Morgan fingerprint density at radius 3 is 2.59 bits per heavy atom. The molecule has 88 valence electrons. The Balaban J connectivity index is 1.94. The first-order valence-electron chi connectivity index (χ1n) is 5.42. The van der Waals surface area contributed by atoms with Gasteiger partial charge < -0.3 is 5.32 Å². The third-order valence-corrected chi connectivity index (χ3v) is 3.13. The number of aromatic nitrogens is 1. The molecule has 1 N–H and O–H groups in total. The van der Waals surface area contributed by atoms with Crippen LogP contribution in [0.2, 0.25) is 0 Å². The lowest BCUT2D eigenvalue weighted by atomic mass is 10.1. The summed E-state index contributed by atoms with van der Waals surface area (Å²) in [4.78, 5) is 12.8. The number of nitrogens with zero attached hydrogens (tertiary/aromatic N) is 1. The number of amides is 1. The summed E-state index contributed by atoms with van der Waals surface area (Å²) in [5.74, 6) is -0.116. The van der Waals surface area contributed by atoms with Gasteiger partial charge in [-0.2, -0.15) is 4.37 Å². The zero-order valence-corrected chi connectivity index (χ0v) is 10.7. The van der Waals surface area contributed by atoms with Gasteiger partial charge in [-0.05, 0) is 37.0 Å². The largest absolute Gasteiger partial charge is 0.347 e. The minimum Gasteiger partial charge on any atom is -0.347 e. The maximum Gasteiger partial charge on any atom is 0.271 e. The van der Waals surface area contributed by atoms with Gasteiger partial charge in [0.05, 0.1) is 0 Å². The molecule has 1 heterocycles. The molecule has 0 radical (unpaired) electrons. The molecule has 1 aromatic heterocycles. The van der Waals surface area contributed by atoms with Crippen LogP contribution in [0.25, 0.3) is 0 Å². The smallest absolute Gasteiger partial charge is 0.271 e. The molecule has 0 unspecified atom stereocenters. The number of rotatable bonds is 3. The molecule has 0 aliphatic heterocycles. The highest BCUT2D eigenvalue weighted by molar-refractivity contribution is 7.05. The van der Waals surface area contributed by atoms with E-state index in [4.69, 9.17) is 0 Å². The maximum atomic E-state index is 11.7. The van der Waals surface area contributed by atoms with Crippen LogP contribution in [0.15, 0.2) is 30.3 Å². The average Bonchev–Trinajstić information content (AvgIpc) is 2.75. The van der Waals surface area contributed by atoms with Crippen molar-refractivity contribution >= 4 is 17.4 Å². The molecule has 3 nitrogen and oxygen atoms in total. The molecule has 0 saturated carbocycles. The number of carbonyl (C=O) groups is 1. The Morgan fingerprint density at radius 2 is 2.00 bits per heavy atom. The molecule has 0 atom stereocenters. The van der Waals surface area contributed by atoms with Crippen LogP contribution in [0.1, 0.15) is 26.5 Å². The predicted molar refractivity (Wildman–Crippen MR) is 69.2 cm³/mol. The lowest BCUT2D eigenvalue weighted by Crippen LogP contribution is -2.22. The first kappa shape index (κ1) is 11.8. The van der Waals surface area contributed by atoms with Crippen LogP contribution in [-0.4, -0.2) is 10.3 Å². The molecule has 0 saturated heterocycles. The first-order valence-corrected chi connectivity index (χ1v) is 6.19. The van der Waals surface area contributed by atoms with Crippen LogP contribution in [0.5, 0.6) is 0 Å². The summed E-state index contributed by atoms with van der Waals surface area (Å²) >= 11 is 1.35. The van der Waals surface area contributed by atoms with Crippen molar-refractivity contribution in [2.45, 2.75) is 20.4 Å². The molecule has 2 aromatic rings. The van der Waals surface area contributed by atoms with Gasteiger partial charge in [0.25, 0.3) is 5.91 Å². The van der Waals surface area contributed by atoms with E-state index in [9.17, 15) is 4.79 Å². The standard InChI is InChI=1S/C13H14N2OS/c1-9-3-5-11(6-4-9)8-14-13(16)12-7-10(2)17-15-12/h3-7H,8H2,1-2H3,(H,14,16). The number of carbonyl (C=O) groups excluding carboxylic acids is 1. The van der Waals surface area contributed by atoms with E-state index in [1.54, 1.807) is 6.07 Å². The van der Waals surface area contributed by atoms with Gasteiger partial charge in [0.2, 0.25) is 0 Å². The third-order valence-electron chi connectivity index (χ3n) is 2.43. The van der Waals surface area contributed by atoms with E-state index in [2.05, 4.69) is 9.69 Å². The molecule has 17 heavy (non-hydrogen) atoms. The maximum absolute atomic E-state index is 11.7. The quantitative estimate of drug-likeness (QED) is 0.904. The van der Waals surface area contributed by atoms with Crippen molar-refractivity contribution in [1.82, 2.24) is 9.69 Å². The highest BCUT2D eigenvalue weighted by Gasteiger charge is 2.08. The van der Waals surface area contributed by atoms with Gasteiger partial charge in [0.15, 0.2) is 0 Å². The zero-order valence-electron chi connectivity index (χ0n) is 9.86. The van der Waals surface area contributed by atoms with E-state index >= 15 is 0 Å². The van der Waals surface area contributed by atoms with Crippen LogP contribution in [0.3, 0.4) is 0 Å². The highest BCUT2D eigenvalue weighted by atomic mass is 32.1. The molecule has 1 amide bonds. The Bertz CT molecular complexity index is 516. The first-order chi connectivity index (χ1) is 8.15. The second-order valence-electron chi connectivity index (χ2n) is 3.99. The summed E-state index contributed by atoms with van der Waals surface area (Å²) < 4.78 is 4.07. The summed E-state index contributed by atoms with van der Waals surface area (Å²) in [7, 11) is 0. The summed E-state index contributed by atoms with van der Waals surface area (Å²) in [6.45, 7) is 4.52. The summed E-state index contributed by atoms with van der Waals surface area (Å²) in [5.41, 5.74) is 2.81. The van der Waals surface area contributed by atoms with Crippen LogP contribution in [-0.2, 0) is 6.54 Å². The fourth-order valence-corrected chi connectivity index (χ4v) is 1.99. The normalized spacial score (nSPS) is 10.2. The molecule has 4 heteroatoms. The second-order valence-corrected chi connectivity index (χ2v) is 5.00. The molecular formula is C13H14N2OS. The van der Waals surface area contributed by atoms with E-state index in [1.165, 1.54) is 17.1 Å². The Labute approximate surface area is 105 Å². The number of hydrogen-bond donors (Lipinski definition) is 1. The van der Waals surface area contributed by atoms with Crippen LogP contribution in [0, 0.1) is 13.8 Å². The SMILES string of the molecule is Cc1ccc(CNC(=O)c2cc(C)sn2)cc1. The fourth-order valence-electron chi connectivity index (χ4n) is 1.45. The van der Waals surface area contributed by atoms with E-state index in [0.29, 0.717) is 12.2 Å². The Morgan fingerprint density at radius 1 is 1.29 bits per heavy atom. The minimum atomic E-state index is -0.116. The molecule has 0 spiro atoms. The second kappa shape index (κ2) is 5.10. The van der Waals surface area contributed by atoms with Gasteiger partial charge in [-0.15, -0.1) is 0 Å². The third kappa shape index (κ3) is 3.14. The lowest BCUT2D eigenvalue weighted by molar-refractivity contribution is 0.0947. The lowest BCUT2D eigenvalue weighted by Gasteiger charge is -2.03. The highest BCUT2D eigenvalue weighted by Crippen LogP contribution is 2.08. The van der Waals surface area contributed by atoms with E-state index in [-0.39, 0.29) is 5.91 Å². The predicted octanol–water partition coefficient (Wildman–Crippen LogP) is 2.69.